The summed E-state index contributed by atoms with van der Waals surface area (Å²) in [6.07, 6.45) is 0.604. The molecule has 0 saturated carbocycles. The Hall–Kier alpha value is -2.08. The number of halogens is 4. The van der Waals surface area contributed by atoms with E-state index >= 15 is 0 Å². The molecule has 0 bridgehead atoms. The van der Waals surface area contributed by atoms with Gasteiger partial charge < -0.3 is 8.37 Å². The summed E-state index contributed by atoms with van der Waals surface area (Å²) in [5.74, 6) is -9.09. The van der Waals surface area contributed by atoms with E-state index in [-0.39, 0.29) is 11.1 Å². The first-order valence-electron chi connectivity index (χ1n) is 6.75. The normalized spacial score (nSPS) is 17.7. The maximum atomic E-state index is 14.1. The lowest BCUT2D eigenvalue weighted by Gasteiger charge is -2.24. The SMILES string of the molecule is CS(=O)(=O)OC1=C(F)C=C(c2ccc(OS(C)(=O)=O)c(F)c2)CC1(F)F. The Labute approximate surface area is 147 Å². The smallest absolute Gasteiger partial charge is 0.312 e. The summed E-state index contributed by atoms with van der Waals surface area (Å²) < 4.78 is 108. The Balaban J connectivity index is 2.44. The second kappa shape index (κ2) is 6.58. The summed E-state index contributed by atoms with van der Waals surface area (Å²) in [5.41, 5.74) is -0.519. The van der Waals surface area contributed by atoms with Crippen LogP contribution < -0.4 is 4.18 Å². The lowest BCUT2D eigenvalue weighted by molar-refractivity contribution is 0.00659. The zero-order valence-electron chi connectivity index (χ0n) is 13.3. The van der Waals surface area contributed by atoms with E-state index in [1.54, 1.807) is 0 Å². The van der Waals surface area contributed by atoms with Gasteiger partial charge >= 0.3 is 26.2 Å². The van der Waals surface area contributed by atoms with Crippen molar-refractivity contribution >= 4 is 25.8 Å². The molecule has 0 saturated heterocycles. The fraction of sp³-hybridized carbons (Fsp3) is 0.286. The largest absolute Gasteiger partial charge is 0.379 e. The average Bonchev–Trinajstić information content (AvgIpc) is 2.42. The van der Waals surface area contributed by atoms with Crippen molar-refractivity contribution in [3.63, 3.8) is 0 Å². The highest BCUT2D eigenvalue weighted by molar-refractivity contribution is 7.86. The molecule has 0 N–H and O–H groups in total. The quantitative estimate of drug-likeness (QED) is 0.542. The van der Waals surface area contributed by atoms with Crippen molar-refractivity contribution in [2.24, 2.45) is 0 Å². The second-order valence-corrected chi connectivity index (χ2v) is 8.60. The number of hydrogen-bond acceptors (Lipinski definition) is 6. The standard InChI is InChI=1S/C14H12F4O6S2/c1-25(19,20)23-12-4-3-8(5-10(12)15)9-6-11(16)13(14(17,18)7-9)24-26(2,21)22/h3-6H,7H2,1-2H3. The van der Waals surface area contributed by atoms with Gasteiger partial charge in [0.15, 0.2) is 17.4 Å². The molecule has 0 heterocycles. The summed E-state index contributed by atoms with van der Waals surface area (Å²) in [6, 6.07) is 2.63. The van der Waals surface area contributed by atoms with Crippen LogP contribution in [0.5, 0.6) is 5.75 Å². The molecule has 0 aliphatic heterocycles. The molecule has 26 heavy (non-hydrogen) atoms. The van der Waals surface area contributed by atoms with Crippen molar-refractivity contribution in [1.82, 2.24) is 0 Å². The molecule has 0 aromatic heterocycles. The molecule has 0 radical (unpaired) electrons. The number of allylic oxidation sites excluding steroid dienone is 4. The van der Waals surface area contributed by atoms with Crippen molar-refractivity contribution in [3.8, 4) is 5.75 Å². The topological polar surface area (TPSA) is 86.7 Å². The minimum absolute atomic E-state index is 0.170. The van der Waals surface area contributed by atoms with E-state index in [1.807, 2.05) is 0 Å². The molecule has 1 aliphatic carbocycles. The van der Waals surface area contributed by atoms with Crippen LogP contribution in [0.3, 0.4) is 0 Å². The third kappa shape index (κ3) is 4.97. The van der Waals surface area contributed by atoms with Gasteiger partial charge in [0.25, 0.3) is 0 Å². The first kappa shape index (κ1) is 20.2. The van der Waals surface area contributed by atoms with Crippen LogP contribution in [-0.4, -0.2) is 35.3 Å². The summed E-state index contributed by atoms with van der Waals surface area (Å²) in [6.45, 7) is 0. The summed E-state index contributed by atoms with van der Waals surface area (Å²) in [7, 11) is -8.38. The molecule has 0 amide bonds. The van der Waals surface area contributed by atoms with Crippen LogP contribution >= 0.6 is 0 Å². The number of alkyl halides is 2. The molecule has 0 fully saturated rings. The van der Waals surface area contributed by atoms with Gasteiger partial charge in [-0.2, -0.15) is 25.6 Å². The van der Waals surface area contributed by atoms with Crippen LogP contribution in [0.4, 0.5) is 17.6 Å². The summed E-state index contributed by atoms with van der Waals surface area (Å²) >= 11 is 0. The monoisotopic (exact) mass is 416 g/mol. The van der Waals surface area contributed by atoms with Crippen LogP contribution in [0.15, 0.2) is 35.9 Å². The molecular weight excluding hydrogens is 404 g/mol. The van der Waals surface area contributed by atoms with E-state index < -0.39 is 55.7 Å². The fourth-order valence-electron chi connectivity index (χ4n) is 2.13. The minimum atomic E-state index is -4.38. The van der Waals surface area contributed by atoms with Crippen LogP contribution in [-0.2, 0) is 24.4 Å². The van der Waals surface area contributed by atoms with Crippen molar-refractivity contribution in [2.45, 2.75) is 12.3 Å². The van der Waals surface area contributed by atoms with Gasteiger partial charge in [0.05, 0.1) is 12.5 Å². The third-order valence-corrected chi connectivity index (χ3v) is 3.99. The Kier molecular flexibility index (Phi) is 5.12. The Morgan fingerprint density at radius 2 is 1.58 bits per heavy atom. The van der Waals surface area contributed by atoms with Gasteiger partial charge in [0, 0.05) is 6.42 Å². The van der Waals surface area contributed by atoms with Gasteiger partial charge in [-0.15, -0.1) is 0 Å². The summed E-state index contributed by atoms with van der Waals surface area (Å²) in [4.78, 5) is 0. The number of hydrogen-bond donors (Lipinski definition) is 0. The summed E-state index contributed by atoms with van der Waals surface area (Å²) in [5, 5.41) is 0. The fourth-order valence-corrected chi connectivity index (χ4v) is 3.10. The molecule has 0 atom stereocenters. The number of benzene rings is 1. The zero-order valence-corrected chi connectivity index (χ0v) is 14.9. The third-order valence-electron chi connectivity index (χ3n) is 3.04. The highest BCUT2D eigenvalue weighted by Gasteiger charge is 2.44. The van der Waals surface area contributed by atoms with Gasteiger partial charge in [-0.3, -0.25) is 0 Å². The molecule has 1 aromatic carbocycles. The highest BCUT2D eigenvalue weighted by Crippen LogP contribution is 2.43. The molecule has 12 heteroatoms. The van der Waals surface area contributed by atoms with Gasteiger partial charge in [-0.25, -0.2) is 8.78 Å². The molecular formula is C14H12F4O6S2. The molecule has 6 nitrogen and oxygen atoms in total. The zero-order chi connectivity index (χ0) is 19.9. The van der Waals surface area contributed by atoms with Gasteiger partial charge in [0.2, 0.25) is 5.76 Å². The van der Waals surface area contributed by atoms with E-state index in [9.17, 15) is 34.4 Å². The lowest BCUT2D eigenvalue weighted by Crippen LogP contribution is -2.27. The lowest BCUT2D eigenvalue weighted by atomic mass is 9.93. The highest BCUT2D eigenvalue weighted by atomic mass is 32.2. The van der Waals surface area contributed by atoms with E-state index in [0.717, 1.165) is 12.1 Å². The van der Waals surface area contributed by atoms with Crippen LogP contribution in [0.25, 0.3) is 5.57 Å². The Bertz CT molecular complexity index is 1010. The van der Waals surface area contributed by atoms with Crippen molar-refractivity contribution < 1.29 is 42.8 Å². The van der Waals surface area contributed by atoms with Gasteiger partial charge in [0.1, 0.15) is 0 Å². The minimum Gasteiger partial charge on any atom is -0.379 e. The Morgan fingerprint density at radius 3 is 2.04 bits per heavy atom. The van der Waals surface area contributed by atoms with Crippen LogP contribution in [0.2, 0.25) is 0 Å². The maximum Gasteiger partial charge on any atom is 0.312 e. The van der Waals surface area contributed by atoms with E-state index in [2.05, 4.69) is 8.37 Å². The van der Waals surface area contributed by atoms with Crippen LogP contribution in [0, 0.1) is 5.82 Å². The molecule has 144 valence electrons. The van der Waals surface area contributed by atoms with Crippen molar-refractivity contribution in [1.29, 1.82) is 0 Å². The molecule has 1 aromatic rings. The number of rotatable bonds is 5. The molecule has 2 rings (SSSR count). The van der Waals surface area contributed by atoms with Gasteiger partial charge in [-0.05, 0) is 29.3 Å². The first-order chi connectivity index (χ1) is 11.7. The van der Waals surface area contributed by atoms with E-state index in [4.69, 9.17) is 0 Å². The molecule has 1 aliphatic rings. The predicted octanol–water partition coefficient (Wildman–Crippen LogP) is 2.74. The second-order valence-electron chi connectivity index (χ2n) is 5.45. The van der Waals surface area contributed by atoms with E-state index in [0.29, 0.717) is 24.7 Å². The van der Waals surface area contributed by atoms with Crippen LogP contribution in [0.1, 0.15) is 12.0 Å². The van der Waals surface area contributed by atoms with Crippen molar-refractivity contribution in [3.05, 3.63) is 47.2 Å². The average molecular weight is 416 g/mol. The van der Waals surface area contributed by atoms with Crippen molar-refractivity contribution in [2.75, 3.05) is 12.5 Å². The maximum absolute atomic E-state index is 14.1. The Morgan fingerprint density at radius 1 is 1.00 bits per heavy atom. The van der Waals surface area contributed by atoms with Gasteiger partial charge in [-0.1, -0.05) is 6.07 Å². The van der Waals surface area contributed by atoms with E-state index in [1.165, 1.54) is 0 Å². The first-order valence-corrected chi connectivity index (χ1v) is 10.4. The molecule has 0 spiro atoms. The predicted molar refractivity (Wildman–Crippen MR) is 83.5 cm³/mol. The molecule has 0 unspecified atom stereocenters.